The second kappa shape index (κ2) is 8.13. The Morgan fingerprint density at radius 1 is 0.957 bits per heavy atom. The lowest BCUT2D eigenvalue weighted by Crippen LogP contribution is -2.51. The molecule has 4 heteroatoms. The smallest absolute Gasteiger partial charge is 0.118 e. The quantitative estimate of drug-likeness (QED) is 0.829. The summed E-state index contributed by atoms with van der Waals surface area (Å²) in [7, 11) is 4.02. The van der Waals surface area contributed by atoms with Crippen LogP contribution < -0.4 is 4.74 Å². The number of likely N-dealkylation sites (N-methyl/N-ethyl adjacent to an activating group) is 1. The number of likely N-dealkylation sites (tertiary alicyclic amines) is 1. The molecule has 3 rings (SSSR count). The molecule has 0 spiro atoms. The highest BCUT2D eigenvalue weighted by molar-refractivity contribution is 5.27. The molecule has 0 amide bonds. The molecule has 2 aliphatic rings. The summed E-state index contributed by atoms with van der Waals surface area (Å²) in [6.07, 6.45) is 4.16. The van der Waals surface area contributed by atoms with Crippen LogP contribution in [0.1, 0.15) is 24.8 Å². The van der Waals surface area contributed by atoms with Crippen LogP contribution in [0.5, 0.6) is 5.75 Å². The van der Waals surface area contributed by atoms with E-state index in [1.165, 1.54) is 64.1 Å². The van der Waals surface area contributed by atoms with Crippen LogP contribution in [0.4, 0.5) is 0 Å². The van der Waals surface area contributed by atoms with E-state index in [4.69, 9.17) is 4.74 Å². The van der Waals surface area contributed by atoms with E-state index in [0.717, 1.165) is 18.3 Å². The van der Waals surface area contributed by atoms with Crippen LogP contribution in [-0.2, 0) is 6.54 Å². The zero-order valence-electron chi connectivity index (χ0n) is 14.7. The van der Waals surface area contributed by atoms with Gasteiger partial charge >= 0.3 is 0 Å². The number of piperazine rings is 1. The molecular formula is C19H31N3O. The average molecular weight is 317 g/mol. The standard InChI is InChI=1S/C19H31N3O/c1-20-10-4-3-5-18(20)16-22-13-11-21(12-14-22)15-17-6-8-19(23-2)9-7-17/h6-9,18H,3-5,10-16H2,1-2H3/t18-/m0/s1. The average Bonchev–Trinajstić information content (AvgIpc) is 2.59. The van der Waals surface area contributed by atoms with Gasteiger partial charge in [0.2, 0.25) is 0 Å². The normalized spacial score (nSPS) is 24.7. The van der Waals surface area contributed by atoms with Gasteiger partial charge in [-0.2, -0.15) is 0 Å². The summed E-state index contributed by atoms with van der Waals surface area (Å²) in [5.74, 6) is 0.940. The van der Waals surface area contributed by atoms with Gasteiger partial charge in [-0.05, 0) is 44.1 Å². The van der Waals surface area contributed by atoms with Crippen molar-refractivity contribution in [1.82, 2.24) is 14.7 Å². The molecule has 2 heterocycles. The fourth-order valence-corrected chi connectivity index (χ4v) is 3.79. The van der Waals surface area contributed by atoms with Gasteiger partial charge in [0.25, 0.3) is 0 Å². The Morgan fingerprint density at radius 2 is 1.65 bits per heavy atom. The molecule has 1 atom stereocenters. The lowest BCUT2D eigenvalue weighted by molar-refractivity contribution is 0.0818. The van der Waals surface area contributed by atoms with E-state index in [9.17, 15) is 0 Å². The largest absolute Gasteiger partial charge is 0.497 e. The van der Waals surface area contributed by atoms with E-state index in [0.29, 0.717) is 0 Å². The van der Waals surface area contributed by atoms with Crippen LogP contribution in [-0.4, -0.2) is 74.2 Å². The summed E-state index contributed by atoms with van der Waals surface area (Å²) in [5, 5.41) is 0. The minimum atomic E-state index is 0.775. The van der Waals surface area contributed by atoms with Gasteiger partial charge in [-0.15, -0.1) is 0 Å². The minimum absolute atomic E-state index is 0.775. The van der Waals surface area contributed by atoms with E-state index in [1.54, 1.807) is 7.11 Å². The Morgan fingerprint density at radius 3 is 2.30 bits per heavy atom. The molecule has 0 unspecified atom stereocenters. The first-order valence-electron chi connectivity index (χ1n) is 9.02. The van der Waals surface area contributed by atoms with Crippen molar-refractivity contribution in [3.8, 4) is 5.75 Å². The second-order valence-corrected chi connectivity index (χ2v) is 7.06. The van der Waals surface area contributed by atoms with Gasteiger partial charge in [0, 0.05) is 45.3 Å². The summed E-state index contributed by atoms with van der Waals surface area (Å²) < 4.78 is 5.23. The summed E-state index contributed by atoms with van der Waals surface area (Å²) >= 11 is 0. The van der Waals surface area contributed by atoms with Crippen LogP contribution in [0.2, 0.25) is 0 Å². The van der Waals surface area contributed by atoms with Crippen LogP contribution >= 0.6 is 0 Å². The number of piperidine rings is 1. The third-order valence-electron chi connectivity index (χ3n) is 5.42. The molecule has 1 aromatic rings. The van der Waals surface area contributed by atoms with E-state index in [1.807, 2.05) is 0 Å². The molecule has 128 valence electrons. The number of benzene rings is 1. The molecule has 0 N–H and O–H groups in total. The molecule has 0 bridgehead atoms. The van der Waals surface area contributed by atoms with E-state index >= 15 is 0 Å². The van der Waals surface area contributed by atoms with Gasteiger partial charge in [0.05, 0.1) is 7.11 Å². The second-order valence-electron chi connectivity index (χ2n) is 7.06. The van der Waals surface area contributed by atoms with Crippen molar-refractivity contribution in [2.75, 3.05) is 53.4 Å². The molecule has 2 aliphatic heterocycles. The molecule has 2 fully saturated rings. The van der Waals surface area contributed by atoms with Gasteiger partial charge in [0.15, 0.2) is 0 Å². The first-order chi connectivity index (χ1) is 11.2. The number of nitrogens with zero attached hydrogens (tertiary/aromatic N) is 3. The van der Waals surface area contributed by atoms with Crippen molar-refractivity contribution in [1.29, 1.82) is 0 Å². The number of hydrogen-bond donors (Lipinski definition) is 0. The Labute approximate surface area is 141 Å². The van der Waals surface area contributed by atoms with Gasteiger partial charge in [0.1, 0.15) is 5.75 Å². The summed E-state index contributed by atoms with van der Waals surface area (Å²) in [6.45, 7) is 8.38. The molecule has 0 aliphatic carbocycles. The highest BCUT2D eigenvalue weighted by Gasteiger charge is 2.24. The van der Waals surface area contributed by atoms with Crippen molar-refractivity contribution in [2.24, 2.45) is 0 Å². The monoisotopic (exact) mass is 317 g/mol. The number of methoxy groups -OCH3 is 1. The van der Waals surface area contributed by atoms with Gasteiger partial charge in [-0.25, -0.2) is 0 Å². The molecule has 0 saturated carbocycles. The Bertz CT molecular complexity index is 468. The summed E-state index contributed by atoms with van der Waals surface area (Å²) in [6, 6.07) is 9.26. The Hall–Kier alpha value is -1.10. The van der Waals surface area contributed by atoms with Crippen molar-refractivity contribution in [3.05, 3.63) is 29.8 Å². The van der Waals surface area contributed by atoms with Gasteiger partial charge < -0.3 is 9.64 Å². The predicted octanol–water partition coefficient (Wildman–Crippen LogP) is 2.30. The zero-order valence-corrected chi connectivity index (χ0v) is 14.7. The van der Waals surface area contributed by atoms with Crippen LogP contribution in [0.25, 0.3) is 0 Å². The zero-order chi connectivity index (χ0) is 16.1. The highest BCUT2D eigenvalue weighted by atomic mass is 16.5. The SMILES string of the molecule is COc1ccc(CN2CCN(C[C@@H]3CCCCN3C)CC2)cc1. The lowest BCUT2D eigenvalue weighted by atomic mass is 10.0. The molecule has 0 aromatic heterocycles. The molecule has 4 nitrogen and oxygen atoms in total. The molecular weight excluding hydrogens is 286 g/mol. The maximum atomic E-state index is 5.23. The van der Waals surface area contributed by atoms with Crippen molar-refractivity contribution in [3.63, 3.8) is 0 Å². The minimum Gasteiger partial charge on any atom is -0.497 e. The maximum absolute atomic E-state index is 5.23. The predicted molar refractivity (Wildman–Crippen MR) is 95.0 cm³/mol. The fourth-order valence-electron chi connectivity index (χ4n) is 3.79. The highest BCUT2D eigenvalue weighted by Crippen LogP contribution is 2.18. The topological polar surface area (TPSA) is 19.0 Å². The van der Waals surface area contributed by atoms with E-state index in [2.05, 4.69) is 46.0 Å². The van der Waals surface area contributed by atoms with Crippen molar-refractivity contribution >= 4 is 0 Å². The van der Waals surface area contributed by atoms with Crippen LogP contribution in [0.3, 0.4) is 0 Å². The van der Waals surface area contributed by atoms with Crippen molar-refractivity contribution < 1.29 is 4.74 Å². The third-order valence-corrected chi connectivity index (χ3v) is 5.42. The Balaban J connectivity index is 1.42. The number of ether oxygens (including phenoxy) is 1. The fraction of sp³-hybridized carbons (Fsp3) is 0.684. The molecule has 2 saturated heterocycles. The van der Waals surface area contributed by atoms with Gasteiger partial charge in [-0.3, -0.25) is 9.80 Å². The van der Waals surface area contributed by atoms with Gasteiger partial charge in [-0.1, -0.05) is 18.6 Å². The molecule has 23 heavy (non-hydrogen) atoms. The van der Waals surface area contributed by atoms with Crippen LogP contribution in [0, 0.1) is 0 Å². The number of rotatable bonds is 5. The third kappa shape index (κ3) is 4.69. The van der Waals surface area contributed by atoms with Crippen molar-refractivity contribution in [2.45, 2.75) is 31.8 Å². The van der Waals surface area contributed by atoms with E-state index in [-0.39, 0.29) is 0 Å². The first-order valence-corrected chi connectivity index (χ1v) is 9.02. The summed E-state index contributed by atoms with van der Waals surface area (Å²) in [4.78, 5) is 7.80. The maximum Gasteiger partial charge on any atom is 0.118 e. The number of hydrogen-bond acceptors (Lipinski definition) is 4. The van der Waals surface area contributed by atoms with E-state index < -0.39 is 0 Å². The van der Waals surface area contributed by atoms with Crippen LogP contribution in [0.15, 0.2) is 24.3 Å². The first kappa shape index (κ1) is 16.7. The molecule has 0 radical (unpaired) electrons. The molecule has 1 aromatic carbocycles. The summed E-state index contributed by atoms with van der Waals surface area (Å²) in [5.41, 5.74) is 1.38. The Kier molecular flexibility index (Phi) is 5.92. The lowest BCUT2D eigenvalue weighted by Gasteiger charge is -2.40.